The van der Waals surface area contributed by atoms with Crippen molar-refractivity contribution in [2.75, 3.05) is 0 Å². The van der Waals surface area contributed by atoms with Crippen molar-refractivity contribution in [2.45, 2.75) is 37.4 Å². The fraction of sp³-hybridized carbons (Fsp3) is 0.467. The number of amidine groups is 1. The molecule has 2 aliphatic heterocycles. The fourth-order valence-electron chi connectivity index (χ4n) is 3.08. The zero-order chi connectivity index (χ0) is 14.6. The molecule has 21 heavy (non-hydrogen) atoms. The third-order valence-electron chi connectivity index (χ3n) is 4.36. The quantitative estimate of drug-likeness (QED) is 0.925. The van der Waals surface area contributed by atoms with E-state index >= 15 is 0 Å². The van der Waals surface area contributed by atoms with E-state index < -0.39 is 24.4 Å². The lowest BCUT2D eigenvalue weighted by Gasteiger charge is -2.21. The Morgan fingerprint density at radius 3 is 2.57 bits per heavy atom. The summed E-state index contributed by atoms with van der Waals surface area (Å²) in [5, 5.41) is 8.68. The predicted octanol–water partition coefficient (Wildman–Crippen LogP) is 1.94. The number of nitrogens with zero attached hydrogens (tertiary/aromatic N) is 2. The standard InChI is InChI=1S/C15H15F2N3O/c16-10-6-9(10)13(21)14-18-15-11(17)7-12(20(15)19-14)8-4-2-1-3-5-8/h1-5,9-12,15H,6-7H2,(H,18,19)/t9-,10-,11+,12+,15?/m1/s1. The van der Waals surface area contributed by atoms with Crippen molar-refractivity contribution < 1.29 is 13.6 Å². The first-order valence-electron chi connectivity index (χ1n) is 7.16. The first kappa shape index (κ1) is 12.7. The van der Waals surface area contributed by atoms with Gasteiger partial charge >= 0.3 is 0 Å². The van der Waals surface area contributed by atoms with Crippen LogP contribution in [0.15, 0.2) is 35.4 Å². The highest BCUT2D eigenvalue weighted by Gasteiger charge is 2.51. The molecule has 0 radical (unpaired) electrons. The average molecular weight is 291 g/mol. The molecule has 1 aromatic rings. The predicted molar refractivity (Wildman–Crippen MR) is 72.9 cm³/mol. The number of benzene rings is 1. The number of Topliss-reactive ketones (excluding diaryl/α,β-unsaturated/α-hetero) is 1. The molecule has 1 saturated carbocycles. The second-order valence-corrected chi connectivity index (χ2v) is 5.82. The van der Waals surface area contributed by atoms with Gasteiger partial charge in [-0.15, -0.1) is 0 Å². The van der Waals surface area contributed by atoms with Crippen LogP contribution in [0.4, 0.5) is 8.78 Å². The molecule has 0 amide bonds. The summed E-state index contributed by atoms with van der Waals surface area (Å²) in [7, 11) is 0. The second-order valence-electron chi connectivity index (χ2n) is 5.82. The summed E-state index contributed by atoms with van der Waals surface area (Å²) in [6, 6.07) is 9.35. The Balaban J connectivity index is 1.59. The lowest BCUT2D eigenvalue weighted by atomic mass is 10.0. The van der Waals surface area contributed by atoms with Crippen molar-refractivity contribution >= 4 is 11.6 Å². The van der Waals surface area contributed by atoms with Crippen LogP contribution in [0.2, 0.25) is 0 Å². The van der Waals surface area contributed by atoms with Crippen LogP contribution >= 0.6 is 0 Å². The second kappa shape index (κ2) is 4.51. The molecule has 1 aromatic carbocycles. The lowest BCUT2D eigenvalue weighted by Crippen LogP contribution is -2.42. The van der Waals surface area contributed by atoms with Gasteiger partial charge in [-0.1, -0.05) is 30.3 Å². The maximum atomic E-state index is 14.2. The Kier molecular flexibility index (Phi) is 2.74. The third kappa shape index (κ3) is 2.01. The molecule has 1 N–H and O–H groups in total. The molecule has 0 aromatic heterocycles. The number of halogens is 2. The molecule has 0 spiro atoms. The van der Waals surface area contributed by atoms with Crippen LogP contribution in [0, 0.1) is 5.92 Å². The summed E-state index contributed by atoms with van der Waals surface area (Å²) in [6.45, 7) is 0. The number of hydrogen-bond donors (Lipinski definition) is 1. The first-order chi connectivity index (χ1) is 10.1. The van der Waals surface area contributed by atoms with Gasteiger partial charge in [0.2, 0.25) is 5.78 Å². The van der Waals surface area contributed by atoms with Crippen LogP contribution in [0.1, 0.15) is 24.4 Å². The smallest absolute Gasteiger partial charge is 0.205 e. The lowest BCUT2D eigenvalue weighted by molar-refractivity contribution is -0.114. The van der Waals surface area contributed by atoms with Gasteiger partial charge in [-0.3, -0.25) is 9.80 Å². The van der Waals surface area contributed by atoms with E-state index in [9.17, 15) is 13.6 Å². The molecule has 5 atom stereocenters. The van der Waals surface area contributed by atoms with Crippen LogP contribution < -0.4 is 5.32 Å². The Hall–Kier alpha value is -1.98. The highest BCUT2D eigenvalue weighted by molar-refractivity contribution is 6.40. The first-order valence-corrected chi connectivity index (χ1v) is 7.16. The van der Waals surface area contributed by atoms with Crippen molar-refractivity contribution in [3.63, 3.8) is 0 Å². The largest absolute Gasteiger partial charge is 0.342 e. The molecule has 1 unspecified atom stereocenters. The molecule has 110 valence electrons. The normalized spacial score (nSPS) is 37.0. The zero-order valence-corrected chi connectivity index (χ0v) is 11.2. The van der Waals surface area contributed by atoms with E-state index in [4.69, 9.17) is 0 Å². The highest BCUT2D eigenvalue weighted by atomic mass is 19.1. The number of hydrazone groups is 1. The number of alkyl halides is 2. The van der Waals surface area contributed by atoms with E-state index in [1.165, 1.54) is 0 Å². The molecule has 4 nitrogen and oxygen atoms in total. The molecular weight excluding hydrogens is 276 g/mol. The van der Waals surface area contributed by atoms with E-state index in [1.807, 2.05) is 30.3 Å². The minimum Gasteiger partial charge on any atom is -0.342 e. The van der Waals surface area contributed by atoms with Crippen molar-refractivity contribution in [3.8, 4) is 0 Å². The summed E-state index contributed by atoms with van der Waals surface area (Å²) in [5.74, 6) is -0.825. The van der Waals surface area contributed by atoms with Gasteiger partial charge in [0.15, 0.2) is 5.84 Å². The Morgan fingerprint density at radius 1 is 1.19 bits per heavy atom. The van der Waals surface area contributed by atoms with Crippen molar-refractivity contribution in [3.05, 3.63) is 35.9 Å². The number of rotatable bonds is 3. The summed E-state index contributed by atoms with van der Waals surface area (Å²) < 4.78 is 27.2. The van der Waals surface area contributed by atoms with E-state index in [2.05, 4.69) is 10.4 Å². The van der Waals surface area contributed by atoms with Gasteiger partial charge in [0.25, 0.3) is 0 Å². The maximum Gasteiger partial charge on any atom is 0.205 e. The van der Waals surface area contributed by atoms with Crippen molar-refractivity contribution in [1.29, 1.82) is 0 Å². The molecule has 2 heterocycles. The number of carbonyl (C=O) groups is 1. The Morgan fingerprint density at radius 2 is 1.90 bits per heavy atom. The monoisotopic (exact) mass is 291 g/mol. The van der Waals surface area contributed by atoms with Crippen LogP contribution in [-0.2, 0) is 4.79 Å². The summed E-state index contributed by atoms with van der Waals surface area (Å²) in [5.41, 5.74) is 0.969. The minimum absolute atomic E-state index is 0.105. The number of hydrogen-bond acceptors (Lipinski definition) is 4. The topological polar surface area (TPSA) is 44.7 Å². The van der Waals surface area contributed by atoms with Gasteiger partial charge < -0.3 is 5.32 Å². The van der Waals surface area contributed by atoms with E-state index in [-0.39, 0.29) is 24.1 Å². The minimum atomic E-state index is -1.11. The molecule has 6 heteroatoms. The summed E-state index contributed by atoms with van der Waals surface area (Å²) >= 11 is 0. The zero-order valence-electron chi connectivity index (χ0n) is 11.2. The van der Waals surface area contributed by atoms with Crippen molar-refractivity contribution in [2.24, 2.45) is 11.0 Å². The summed E-state index contributed by atoms with van der Waals surface area (Å²) in [4.78, 5) is 12.0. The van der Waals surface area contributed by atoms with Crippen LogP contribution in [-0.4, -0.2) is 35.1 Å². The van der Waals surface area contributed by atoms with Gasteiger partial charge in [-0.05, 0) is 12.0 Å². The van der Waals surface area contributed by atoms with E-state index in [0.717, 1.165) is 5.56 Å². The molecule has 1 saturated heterocycles. The van der Waals surface area contributed by atoms with Crippen molar-refractivity contribution in [1.82, 2.24) is 10.3 Å². The molecule has 1 aliphatic carbocycles. The van der Waals surface area contributed by atoms with Gasteiger partial charge in [-0.2, -0.15) is 5.10 Å². The number of fused-ring (bicyclic) bond motifs is 1. The average Bonchev–Trinajstić information content (AvgIpc) is 2.95. The molecule has 2 fully saturated rings. The fourth-order valence-corrected chi connectivity index (χ4v) is 3.08. The molecule has 0 bridgehead atoms. The number of nitrogens with one attached hydrogen (secondary N) is 1. The SMILES string of the molecule is O=C(C1=NN2C(N1)[C@@H](F)C[C@H]2c1ccccc1)[C@@H]1C[C@H]1F. The summed E-state index contributed by atoms with van der Waals surface area (Å²) in [6.07, 6.45) is -2.20. The van der Waals surface area contributed by atoms with Crippen LogP contribution in [0.5, 0.6) is 0 Å². The van der Waals surface area contributed by atoms with Gasteiger partial charge in [-0.25, -0.2) is 8.78 Å². The van der Waals surface area contributed by atoms with Gasteiger partial charge in [0.1, 0.15) is 18.5 Å². The Labute approximate surface area is 120 Å². The number of ketones is 1. The van der Waals surface area contributed by atoms with Crippen LogP contribution in [0.25, 0.3) is 0 Å². The van der Waals surface area contributed by atoms with Crippen LogP contribution in [0.3, 0.4) is 0 Å². The molecular formula is C15H15F2N3O. The van der Waals surface area contributed by atoms with Gasteiger partial charge in [0.05, 0.1) is 12.0 Å². The maximum absolute atomic E-state index is 14.2. The molecule has 3 aliphatic rings. The highest BCUT2D eigenvalue weighted by Crippen LogP contribution is 2.40. The van der Waals surface area contributed by atoms with E-state index in [0.29, 0.717) is 6.42 Å². The third-order valence-corrected chi connectivity index (χ3v) is 4.36. The van der Waals surface area contributed by atoms with Gasteiger partial charge in [0, 0.05) is 6.42 Å². The number of carbonyl (C=O) groups excluding carboxylic acids is 1. The Bertz CT molecular complexity index is 606. The van der Waals surface area contributed by atoms with E-state index in [1.54, 1.807) is 5.01 Å². The molecule has 4 rings (SSSR count).